The third-order valence-electron chi connectivity index (χ3n) is 4.67. The first-order valence-corrected chi connectivity index (χ1v) is 6.93. The van der Waals surface area contributed by atoms with E-state index in [1.807, 2.05) is 6.92 Å². The molecule has 1 aliphatic carbocycles. The van der Waals surface area contributed by atoms with Crippen LogP contribution in [0.3, 0.4) is 0 Å². The molecule has 3 atom stereocenters. The minimum Gasteiger partial charge on any atom is -0.392 e. The largest absolute Gasteiger partial charge is 0.392 e. The van der Waals surface area contributed by atoms with Gasteiger partial charge in [0.1, 0.15) is 0 Å². The fraction of sp³-hybridized carbons (Fsp3) is 1.00. The Balaban J connectivity index is 1.91. The first kappa shape index (κ1) is 13.3. The van der Waals surface area contributed by atoms with Gasteiger partial charge in [-0.2, -0.15) is 0 Å². The maximum atomic E-state index is 10.4. The topological polar surface area (TPSA) is 43.7 Å². The van der Waals surface area contributed by atoms with Gasteiger partial charge in [-0.15, -0.1) is 0 Å². The molecule has 0 bridgehead atoms. The first-order chi connectivity index (χ1) is 7.80. The zero-order chi connectivity index (χ0) is 12.7. The van der Waals surface area contributed by atoms with Crippen LogP contribution in [0, 0.1) is 11.3 Å². The second-order valence-electron chi connectivity index (χ2n) is 7.07. The van der Waals surface area contributed by atoms with Crippen LogP contribution in [0.1, 0.15) is 46.5 Å². The summed E-state index contributed by atoms with van der Waals surface area (Å²) in [6.45, 7) is 8.93. The summed E-state index contributed by atoms with van der Waals surface area (Å²) in [5.41, 5.74) is -0.458. The van der Waals surface area contributed by atoms with E-state index in [0.717, 1.165) is 38.9 Å². The van der Waals surface area contributed by atoms with E-state index in [0.29, 0.717) is 5.92 Å². The van der Waals surface area contributed by atoms with Crippen LogP contribution in [-0.2, 0) is 0 Å². The van der Waals surface area contributed by atoms with Crippen molar-refractivity contribution in [2.45, 2.75) is 58.2 Å². The molecule has 0 spiro atoms. The highest BCUT2D eigenvalue weighted by molar-refractivity contribution is 4.92. The van der Waals surface area contributed by atoms with Gasteiger partial charge in [-0.25, -0.2) is 0 Å². The second kappa shape index (κ2) is 4.52. The number of nitrogens with zero attached hydrogens (tertiary/aromatic N) is 1. The maximum absolute atomic E-state index is 10.4. The van der Waals surface area contributed by atoms with Crippen LogP contribution >= 0.6 is 0 Å². The number of aliphatic hydroxyl groups is 2. The molecule has 0 aromatic carbocycles. The summed E-state index contributed by atoms with van der Waals surface area (Å²) in [6.07, 6.45) is 4.14. The Bertz CT molecular complexity index is 275. The molecule has 0 amide bonds. The van der Waals surface area contributed by atoms with E-state index in [9.17, 15) is 10.2 Å². The Labute approximate surface area is 105 Å². The lowest BCUT2D eigenvalue weighted by molar-refractivity contribution is -0.0431. The molecule has 1 saturated heterocycles. The van der Waals surface area contributed by atoms with E-state index in [1.165, 1.54) is 6.42 Å². The van der Waals surface area contributed by atoms with E-state index in [2.05, 4.69) is 18.7 Å². The lowest BCUT2D eigenvalue weighted by Gasteiger charge is -2.42. The number of hydrogen-bond acceptors (Lipinski definition) is 3. The molecule has 100 valence electrons. The van der Waals surface area contributed by atoms with Gasteiger partial charge in [0.15, 0.2) is 0 Å². The van der Waals surface area contributed by atoms with Crippen molar-refractivity contribution >= 4 is 0 Å². The fourth-order valence-corrected chi connectivity index (χ4v) is 3.48. The molecular formula is C14H27NO2. The minimum atomic E-state index is -0.519. The van der Waals surface area contributed by atoms with E-state index in [-0.39, 0.29) is 11.5 Å². The number of rotatable bonds is 2. The smallest absolute Gasteiger partial charge is 0.0758 e. The number of likely N-dealkylation sites (tertiary alicyclic amines) is 1. The SMILES string of the molecule is CC1(O)CCN(CC2CCCC(C)(C)C2O)C1. The monoisotopic (exact) mass is 241 g/mol. The normalized spacial score (nSPS) is 42.9. The molecule has 3 heteroatoms. The molecule has 3 nitrogen and oxygen atoms in total. The van der Waals surface area contributed by atoms with Crippen molar-refractivity contribution in [3.8, 4) is 0 Å². The molecular weight excluding hydrogens is 214 g/mol. The van der Waals surface area contributed by atoms with Gasteiger partial charge in [-0.3, -0.25) is 0 Å². The van der Waals surface area contributed by atoms with Crippen molar-refractivity contribution in [1.29, 1.82) is 0 Å². The van der Waals surface area contributed by atoms with E-state index in [1.54, 1.807) is 0 Å². The average Bonchev–Trinajstić information content (AvgIpc) is 2.53. The minimum absolute atomic E-state index is 0.0607. The molecule has 17 heavy (non-hydrogen) atoms. The predicted molar refractivity (Wildman–Crippen MR) is 68.8 cm³/mol. The molecule has 3 unspecified atom stereocenters. The van der Waals surface area contributed by atoms with Gasteiger partial charge < -0.3 is 15.1 Å². The van der Waals surface area contributed by atoms with Gasteiger partial charge in [0.2, 0.25) is 0 Å². The van der Waals surface area contributed by atoms with Crippen LogP contribution in [0.4, 0.5) is 0 Å². The van der Waals surface area contributed by atoms with Crippen LogP contribution in [0.25, 0.3) is 0 Å². The highest BCUT2D eigenvalue weighted by atomic mass is 16.3. The Hall–Kier alpha value is -0.120. The van der Waals surface area contributed by atoms with Crippen LogP contribution in [-0.4, -0.2) is 46.5 Å². The highest BCUT2D eigenvalue weighted by Gasteiger charge is 2.40. The van der Waals surface area contributed by atoms with Gasteiger partial charge in [0.05, 0.1) is 11.7 Å². The molecule has 2 fully saturated rings. The van der Waals surface area contributed by atoms with Crippen LogP contribution in [0.2, 0.25) is 0 Å². The zero-order valence-corrected chi connectivity index (χ0v) is 11.4. The summed E-state index contributed by atoms with van der Waals surface area (Å²) < 4.78 is 0. The first-order valence-electron chi connectivity index (χ1n) is 6.93. The van der Waals surface area contributed by atoms with Crippen molar-refractivity contribution in [1.82, 2.24) is 4.90 Å². The molecule has 0 aromatic rings. The van der Waals surface area contributed by atoms with Crippen LogP contribution in [0.15, 0.2) is 0 Å². The third-order valence-corrected chi connectivity index (χ3v) is 4.67. The maximum Gasteiger partial charge on any atom is 0.0758 e. The van der Waals surface area contributed by atoms with Gasteiger partial charge in [-0.1, -0.05) is 20.3 Å². The second-order valence-corrected chi connectivity index (χ2v) is 7.07. The molecule has 1 heterocycles. The van der Waals surface area contributed by atoms with Crippen LogP contribution < -0.4 is 0 Å². The third kappa shape index (κ3) is 3.01. The lowest BCUT2D eigenvalue weighted by Crippen LogP contribution is -2.45. The van der Waals surface area contributed by atoms with Gasteiger partial charge in [-0.05, 0) is 37.5 Å². The summed E-state index contributed by atoms with van der Waals surface area (Å²) in [6, 6.07) is 0. The van der Waals surface area contributed by atoms with Crippen LogP contribution in [0.5, 0.6) is 0 Å². The summed E-state index contributed by atoms with van der Waals surface area (Å²) in [7, 11) is 0. The standard InChI is InChI=1S/C14H27NO2/c1-13(2)6-4-5-11(12(13)16)9-15-8-7-14(3,17)10-15/h11-12,16-17H,4-10H2,1-3H3. The molecule has 2 aliphatic rings. The summed E-state index contributed by atoms with van der Waals surface area (Å²) in [5.74, 6) is 0.382. The van der Waals surface area contributed by atoms with E-state index >= 15 is 0 Å². The Morgan fingerprint density at radius 3 is 2.53 bits per heavy atom. The highest BCUT2D eigenvalue weighted by Crippen LogP contribution is 2.39. The number of aliphatic hydroxyl groups excluding tert-OH is 1. The van der Waals surface area contributed by atoms with Gasteiger partial charge in [0, 0.05) is 19.6 Å². The molecule has 0 radical (unpaired) electrons. The van der Waals surface area contributed by atoms with Crippen molar-refractivity contribution in [3.63, 3.8) is 0 Å². The van der Waals surface area contributed by atoms with Gasteiger partial charge >= 0.3 is 0 Å². The molecule has 1 aliphatic heterocycles. The van der Waals surface area contributed by atoms with E-state index in [4.69, 9.17) is 0 Å². The lowest BCUT2D eigenvalue weighted by atomic mass is 9.69. The Morgan fingerprint density at radius 2 is 1.94 bits per heavy atom. The summed E-state index contributed by atoms with van der Waals surface area (Å²) in [4.78, 5) is 2.31. The van der Waals surface area contributed by atoms with Crippen molar-refractivity contribution in [3.05, 3.63) is 0 Å². The quantitative estimate of drug-likeness (QED) is 0.772. The average molecular weight is 241 g/mol. The van der Waals surface area contributed by atoms with Crippen molar-refractivity contribution in [2.24, 2.45) is 11.3 Å². The van der Waals surface area contributed by atoms with Gasteiger partial charge in [0.25, 0.3) is 0 Å². The van der Waals surface area contributed by atoms with Crippen molar-refractivity contribution in [2.75, 3.05) is 19.6 Å². The molecule has 2 rings (SSSR count). The molecule has 1 saturated carbocycles. The number of hydrogen-bond donors (Lipinski definition) is 2. The number of β-amino-alcohol motifs (C(OH)–C–C–N with tert-alkyl or cyclic N) is 1. The Kier molecular flexibility index (Phi) is 3.54. The predicted octanol–water partition coefficient (Wildman–Crippen LogP) is 1.63. The summed E-state index contributed by atoms with van der Waals surface area (Å²) >= 11 is 0. The molecule has 0 aromatic heterocycles. The fourth-order valence-electron chi connectivity index (χ4n) is 3.48. The Morgan fingerprint density at radius 1 is 1.24 bits per heavy atom. The zero-order valence-electron chi connectivity index (χ0n) is 11.4. The molecule has 2 N–H and O–H groups in total. The van der Waals surface area contributed by atoms with Crippen molar-refractivity contribution < 1.29 is 10.2 Å². The van der Waals surface area contributed by atoms with E-state index < -0.39 is 5.60 Å². The summed E-state index contributed by atoms with van der Waals surface area (Å²) in [5, 5.41) is 20.4.